The summed E-state index contributed by atoms with van der Waals surface area (Å²) >= 11 is 0. The fourth-order valence-electron chi connectivity index (χ4n) is 2.39. The van der Waals surface area contributed by atoms with E-state index < -0.39 is 23.3 Å². The first-order chi connectivity index (χ1) is 12.8. The molecule has 0 unspecified atom stereocenters. The molecule has 0 atom stereocenters. The van der Waals surface area contributed by atoms with Crippen LogP contribution in [0.3, 0.4) is 0 Å². The number of anilines is 1. The van der Waals surface area contributed by atoms with Gasteiger partial charge >= 0.3 is 6.18 Å². The lowest BCUT2D eigenvalue weighted by Crippen LogP contribution is -2.20. The van der Waals surface area contributed by atoms with Crippen molar-refractivity contribution < 1.29 is 18.0 Å². The van der Waals surface area contributed by atoms with Gasteiger partial charge in [-0.05, 0) is 36.3 Å². The molecule has 3 aromatic rings. The maximum Gasteiger partial charge on any atom is 0.433 e. The van der Waals surface area contributed by atoms with Crippen LogP contribution in [0.25, 0.3) is 0 Å². The quantitative estimate of drug-likeness (QED) is 0.703. The number of aromatic nitrogens is 3. The first-order valence-corrected chi connectivity index (χ1v) is 7.78. The molecule has 8 heteroatoms. The fraction of sp³-hybridized carbons (Fsp3) is 0.105. The number of hydrogen-bond donors (Lipinski definition) is 1. The van der Waals surface area contributed by atoms with Gasteiger partial charge in [-0.2, -0.15) is 18.3 Å². The molecule has 0 bridgehead atoms. The minimum Gasteiger partial charge on any atom is -0.322 e. The van der Waals surface area contributed by atoms with Crippen molar-refractivity contribution in [1.29, 1.82) is 0 Å². The molecule has 1 N–H and O–H groups in total. The minimum absolute atomic E-state index is 0.324. The van der Waals surface area contributed by atoms with Crippen LogP contribution in [0.15, 0.2) is 54.9 Å². The smallest absolute Gasteiger partial charge is 0.322 e. The van der Waals surface area contributed by atoms with E-state index in [9.17, 15) is 18.0 Å². The van der Waals surface area contributed by atoms with Crippen LogP contribution < -0.4 is 5.32 Å². The van der Waals surface area contributed by atoms with Crippen molar-refractivity contribution in [2.24, 2.45) is 7.05 Å². The molecule has 136 valence electrons. The predicted molar refractivity (Wildman–Crippen MR) is 92.8 cm³/mol. The number of alkyl halides is 3. The normalized spacial score (nSPS) is 10.8. The molecule has 0 spiro atoms. The Bertz CT molecular complexity index is 1030. The van der Waals surface area contributed by atoms with E-state index in [4.69, 9.17) is 0 Å². The third-order valence-corrected chi connectivity index (χ3v) is 3.57. The van der Waals surface area contributed by atoms with Gasteiger partial charge in [-0.15, -0.1) is 0 Å². The highest BCUT2D eigenvalue weighted by molar-refractivity contribution is 6.05. The van der Waals surface area contributed by atoms with E-state index in [2.05, 4.69) is 27.2 Å². The fourth-order valence-corrected chi connectivity index (χ4v) is 2.39. The molecule has 0 aliphatic carbocycles. The van der Waals surface area contributed by atoms with E-state index in [1.54, 1.807) is 48.7 Å². The molecule has 3 rings (SSSR count). The average Bonchev–Trinajstić information content (AvgIpc) is 3.03. The Morgan fingerprint density at radius 3 is 2.67 bits per heavy atom. The number of halogens is 3. The number of carbonyl (C=O) groups is 1. The number of carbonyl (C=O) groups excluding carboxylic acids is 1. The highest BCUT2D eigenvalue weighted by Gasteiger charge is 2.39. The zero-order chi connectivity index (χ0) is 19.4. The lowest BCUT2D eigenvalue weighted by Gasteiger charge is -2.10. The molecule has 27 heavy (non-hydrogen) atoms. The van der Waals surface area contributed by atoms with Gasteiger partial charge in [-0.25, -0.2) is 4.98 Å². The van der Waals surface area contributed by atoms with Gasteiger partial charge in [0.1, 0.15) is 5.69 Å². The maximum atomic E-state index is 13.1. The summed E-state index contributed by atoms with van der Waals surface area (Å²) < 4.78 is 39.9. The second-order valence-corrected chi connectivity index (χ2v) is 5.53. The summed E-state index contributed by atoms with van der Waals surface area (Å²) in [6.45, 7) is 0. The zero-order valence-electron chi connectivity index (χ0n) is 14.1. The van der Waals surface area contributed by atoms with Crippen LogP contribution in [0.4, 0.5) is 18.9 Å². The Morgan fingerprint density at radius 2 is 1.96 bits per heavy atom. The van der Waals surface area contributed by atoms with E-state index in [-0.39, 0.29) is 0 Å². The van der Waals surface area contributed by atoms with Crippen LogP contribution in [0.2, 0.25) is 0 Å². The van der Waals surface area contributed by atoms with Gasteiger partial charge in [0.2, 0.25) is 0 Å². The van der Waals surface area contributed by atoms with E-state index in [1.165, 1.54) is 0 Å². The van der Waals surface area contributed by atoms with Gasteiger partial charge < -0.3 is 5.32 Å². The molecule has 5 nitrogen and oxygen atoms in total. The van der Waals surface area contributed by atoms with Crippen molar-refractivity contribution in [3.63, 3.8) is 0 Å². The summed E-state index contributed by atoms with van der Waals surface area (Å²) in [5, 5.41) is 5.98. The van der Waals surface area contributed by atoms with Gasteiger partial charge in [0.05, 0.1) is 11.8 Å². The number of pyridine rings is 1. The van der Waals surface area contributed by atoms with Crippen molar-refractivity contribution in [2.75, 3.05) is 5.32 Å². The molecule has 0 radical (unpaired) electrons. The van der Waals surface area contributed by atoms with Crippen LogP contribution in [-0.2, 0) is 13.2 Å². The number of benzene rings is 1. The van der Waals surface area contributed by atoms with Crippen LogP contribution in [0, 0.1) is 11.8 Å². The number of rotatable bonds is 2. The lowest BCUT2D eigenvalue weighted by molar-refractivity contribution is -0.144. The summed E-state index contributed by atoms with van der Waals surface area (Å²) in [4.78, 5) is 16.4. The van der Waals surface area contributed by atoms with Crippen molar-refractivity contribution in [3.8, 4) is 11.8 Å². The van der Waals surface area contributed by atoms with E-state index in [1.807, 2.05) is 0 Å². The molecule has 1 amide bonds. The molecular weight excluding hydrogens is 357 g/mol. The van der Waals surface area contributed by atoms with Crippen LogP contribution in [0.5, 0.6) is 0 Å². The Kier molecular flexibility index (Phi) is 4.94. The number of aryl methyl sites for hydroxylation is 1. The summed E-state index contributed by atoms with van der Waals surface area (Å²) in [6, 6.07) is 11.8. The highest BCUT2D eigenvalue weighted by Crippen LogP contribution is 2.31. The number of nitrogens with zero attached hydrogens (tertiary/aromatic N) is 3. The first-order valence-electron chi connectivity index (χ1n) is 7.78. The predicted octanol–water partition coefficient (Wildman–Crippen LogP) is 3.49. The Labute approximate surface area is 152 Å². The molecule has 0 aliphatic rings. The molecular formula is C19H13F3N4O. The monoisotopic (exact) mass is 370 g/mol. The van der Waals surface area contributed by atoms with Crippen molar-refractivity contribution in [1.82, 2.24) is 14.8 Å². The number of amides is 1. The third-order valence-electron chi connectivity index (χ3n) is 3.57. The van der Waals surface area contributed by atoms with Gasteiger partial charge in [0.25, 0.3) is 5.91 Å². The molecule has 0 saturated heterocycles. The van der Waals surface area contributed by atoms with Gasteiger partial charge in [-0.1, -0.05) is 18.1 Å². The second-order valence-electron chi connectivity index (χ2n) is 5.53. The highest BCUT2D eigenvalue weighted by atomic mass is 19.4. The minimum atomic E-state index is -4.69. The van der Waals surface area contributed by atoms with Crippen molar-refractivity contribution in [2.45, 2.75) is 6.18 Å². The maximum absolute atomic E-state index is 13.1. The SMILES string of the molecule is Cn1ncc(C(=O)Nc2cccc(C#Cc3ccccn3)c2)c1C(F)(F)F. The topological polar surface area (TPSA) is 59.8 Å². The Morgan fingerprint density at radius 1 is 1.15 bits per heavy atom. The average molecular weight is 370 g/mol. The van der Waals surface area contributed by atoms with E-state index in [0.717, 1.165) is 13.2 Å². The molecule has 0 fully saturated rings. The molecule has 1 aromatic carbocycles. The standard InChI is InChI=1S/C19H13F3N4O/c1-26-17(19(20,21)22)16(12-24-26)18(27)25-15-7-4-5-13(11-15)8-9-14-6-2-3-10-23-14/h2-7,10-12H,1H3,(H,25,27). The second kappa shape index (κ2) is 7.33. The largest absolute Gasteiger partial charge is 0.433 e. The Balaban J connectivity index is 1.82. The summed E-state index contributed by atoms with van der Waals surface area (Å²) in [6.07, 6.45) is -2.18. The zero-order valence-corrected chi connectivity index (χ0v) is 14.1. The van der Waals surface area contributed by atoms with Gasteiger partial charge in [-0.3, -0.25) is 9.48 Å². The van der Waals surface area contributed by atoms with Crippen molar-refractivity contribution in [3.05, 3.63) is 77.4 Å². The molecule has 2 aromatic heterocycles. The van der Waals surface area contributed by atoms with E-state index >= 15 is 0 Å². The molecule has 0 aliphatic heterocycles. The van der Waals surface area contributed by atoms with Crippen LogP contribution >= 0.6 is 0 Å². The van der Waals surface area contributed by atoms with E-state index in [0.29, 0.717) is 21.6 Å². The molecule has 2 heterocycles. The van der Waals surface area contributed by atoms with Crippen molar-refractivity contribution >= 4 is 11.6 Å². The summed E-state index contributed by atoms with van der Waals surface area (Å²) in [5.74, 6) is 4.87. The summed E-state index contributed by atoms with van der Waals surface area (Å²) in [5.41, 5.74) is -0.163. The summed E-state index contributed by atoms with van der Waals surface area (Å²) in [7, 11) is 1.13. The molecule has 0 saturated carbocycles. The lowest BCUT2D eigenvalue weighted by atomic mass is 10.1. The van der Waals surface area contributed by atoms with Gasteiger partial charge in [0.15, 0.2) is 5.69 Å². The number of nitrogens with one attached hydrogen (secondary N) is 1. The van der Waals surface area contributed by atoms with Crippen LogP contribution in [0.1, 0.15) is 27.3 Å². The van der Waals surface area contributed by atoms with Crippen LogP contribution in [-0.4, -0.2) is 20.7 Å². The van der Waals surface area contributed by atoms with Gasteiger partial charge in [0, 0.05) is 24.5 Å². The third kappa shape index (κ3) is 4.33. The number of hydrogen-bond acceptors (Lipinski definition) is 3. The Hall–Kier alpha value is -3.60. The first kappa shape index (κ1) is 18.2.